The molecule has 0 saturated heterocycles. The molecule has 0 radical (unpaired) electrons. The standard InChI is InChI=1S/C12H14N4O/c13-12(15-17)9-11(16-8-4-7-14-16)10-5-2-1-3-6-10/h1-8,11,17H,9H2,(H2,13,15). The number of hydrogen-bond acceptors (Lipinski definition) is 3. The van der Waals surface area contributed by atoms with E-state index in [9.17, 15) is 0 Å². The van der Waals surface area contributed by atoms with Crippen molar-refractivity contribution in [3.05, 3.63) is 54.4 Å². The number of benzene rings is 1. The van der Waals surface area contributed by atoms with Crippen LogP contribution in [0.15, 0.2) is 53.9 Å². The van der Waals surface area contributed by atoms with Crippen LogP contribution >= 0.6 is 0 Å². The average molecular weight is 230 g/mol. The van der Waals surface area contributed by atoms with Crippen molar-refractivity contribution in [3.63, 3.8) is 0 Å². The van der Waals surface area contributed by atoms with E-state index < -0.39 is 0 Å². The van der Waals surface area contributed by atoms with Gasteiger partial charge < -0.3 is 10.9 Å². The fourth-order valence-electron chi connectivity index (χ4n) is 1.74. The molecule has 0 bridgehead atoms. The third kappa shape index (κ3) is 2.63. The minimum absolute atomic E-state index is 0.0536. The van der Waals surface area contributed by atoms with Gasteiger partial charge in [0.15, 0.2) is 0 Å². The van der Waals surface area contributed by atoms with Gasteiger partial charge in [0, 0.05) is 18.8 Å². The van der Waals surface area contributed by atoms with E-state index in [1.807, 2.05) is 42.6 Å². The lowest BCUT2D eigenvalue weighted by atomic mass is 10.0. The number of amidine groups is 1. The molecule has 0 amide bonds. The van der Waals surface area contributed by atoms with Gasteiger partial charge in [-0.1, -0.05) is 35.5 Å². The first-order valence-electron chi connectivity index (χ1n) is 5.31. The largest absolute Gasteiger partial charge is 0.409 e. The molecule has 2 aromatic rings. The molecule has 0 saturated carbocycles. The predicted octanol–water partition coefficient (Wildman–Crippen LogP) is 1.61. The summed E-state index contributed by atoms with van der Waals surface area (Å²) in [6.45, 7) is 0. The number of oxime groups is 1. The Morgan fingerprint density at radius 2 is 2.12 bits per heavy atom. The zero-order valence-electron chi connectivity index (χ0n) is 9.27. The average Bonchev–Trinajstić information content (AvgIpc) is 2.90. The normalized spacial score (nSPS) is 13.5. The van der Waals surface area contributed by atoms with Crippen LogP contribution in [0.2, 0.25) is 0 Å². The molecule has 3 N–H and O–H groups in total. The molecule has 88 valence electrons. The Kier molecular flexibility index (Phi) is 3.40. The third-order valence-electron chi connectivity index (χ3n) is 2.56. The van der Waals surface area contributed by atoms with Crippen LogP contribution in [0.5, 0.6) is 0 Å². The first-order valence-corrected chi connectivity index (χ1v) is 5.31. The lowest BCUT2D eigenvalue weighted by molar-refractivity contribution is 0.315. The van der Waals surface area contributed by atoms with E-state index in [-0.39, 0.29) is 11.9 Å². The molecule has 2 rings (SSSR count). The van der Waals surface area contributed by atoms with Crippen LogP contribution in [0, 0.1) is 0 Å². The Labute approximate surface area is 99.2 Å². The van der Waals surface area contributed by atoms with E-state index in [0.29, 0.717) is 6.42 Å². The highest BCUT2D eigenvalue weighted by atomic mass is 16.4. The monoisotopic (exact) mass is 230 g/mol. The summed E-state index contributed by atoms with van der Waals surface area (Å²) in [7, 11) is 0. The Bertz CT molecular complexity index is 478. The molecular formula is C12H14N4O. The van der Waals surface area contributed by atoms with Gasteiger partial charge in [0.1, 0.15) is 5.84 Å². The molecule has 5 nitrogen and oxygen atoms in total. The van der Waals surface area contributed by atoms with Crippen LogP contribution in [0.25, 0.3) is 0 Å². The van der Waals surface area contributed by atoms with Gasteiger partial charge >= 0.3 is 0 Å². The second-order valence-electron chi connectivity index (χ2n) is 3.71. The Morgan fingerprint density at radius 1 is 1.35 bits per heavy atom. The summed E-state index contributed by atoms with van der Waals surface area (Å²) in [5, 5.41) is 15.9. The Hall–Kier alpha value is -2.30. The highest BCUT2D eigenvalue weighted by Crippen LogP contribution is 2.20. The number of hydrogen-bond donors (Lipinski definition) is 2. The minimum Gasteiger partial charge on any atom is -0.409 e. The minimum atomic E-state index is -0.0536. The van der Waals surface area contributed by atoms with Crippen molar-refractivity contribution in [1.29, 1.82) is 0 Å². The lowest BCUT2D eigenvalue weighted by Gasteiger charge is -2.17. The van der Waals surface area contributed by atoms with Gasteiger partial charge in [0.2, 0.25) is 0 Å². The van der Waals surface area contributed by atoms with Crippen molar-refractivity contribution in [2.75, 3.05) is 0 Å². The lowest BCUT2D eigenvalue weighted by Crippen LogP contribution is -2.21. The van der Waals surface area contributed by atoms with Gasteiger partial charge in [-0.3, -0.25) is 4.68 Å². The van der Waals surface area contributed by atoms with E-state index in [1.54, 1.807) is 10.9 Å². The van der Waals surface area contributed by atoms with Gasteiger partial charge in [0.05, 0.1) is 6.04 Å². The zero-order valence-corrected chi connectivity index (χ0v) is 9.27. The zero-order chi connectivity index (χ0) is 12.1. The third-order valence-corrected chi connectivity index (χ3v) is 2.56. The molecule has 17 heavy (non-hydrogen) atoms. The summed E-state index contributed by atoms with van der Waals surface area (Å²) < 4.78 is 1.80. The van der Waals surface area contributed by atoms with Crippen molar-refractivity contribution in [1.82, 2.24) is 9.78 Å². The second kappa shape index (κ2) is 5.16. The van der Waals surface area contributed by atoms with Crippen LogP contribution in [0.4, 0.5) is 0 Å². The van der Waals surface area contributed by atoms with Crippen LogP contribution in [-0.2, 0) is 0 Å². The molecular weight excluding hydrogens is 216 g/mol. The van der Waals surface area contributed by atoms with Crippen LogP contribution in [0.3, 0.4) is 0 Å². The first-order chi connectivity index (χ1) is 8.31. The number of aromatic nitrogens is 2. The van der Waals surface area contributed by atoms with Crippen molar-refractivity contribution in [2.45, 2.75) is 12.5 Å². The van der Waals surface area contributed by atoms with Gasteiger partial charge in [-0.2, -0.15) is 5.10 Å². The van der Waals surface area contributed by atoms with Crippen LogP contribution in [-0.4, -0.2) is 20.8 Å². The maximum Gasteiger partial charge on any atom is 0.141 e. The summed E-state index contributed by atoms with van der Waals surface area (Å²) >= 11 is 0. The van der Waals surface area contributed by atoms with E-state index >= 15 is 0 Å². The van der Waals surface area contributed by atoms with Crippen LogP contribution < -0.4 is 5.73 Å². The smallest absolute Gasteiger partial charge is 0.141 e. The van der Waals surface area contributed by atoms with Crippen molar-refractivity contribution in [2.24, 2.45) is 10.9 Å². The number of nitrogens with zero attached hydrogens (tertiary/aromatic N) is 3. The molecule has 0 aliphatic carbocycles. The fourth-order valence-corrected chi connectivity index (χ4v) is 1.74. The van der Waals surface area contributed by atoms with Crippen molar-refractivity contribution >= 4 is 5.84 Å². The summed E-state index contributed by atoms with van der Waals surface area (Å²) in [5.41, 5.74) is 6.65. The summed E-state index contributed by atoms with van der Waals surface area (Å²) in [5.74, 6) is 0.189. The van der Waals surface area contributed by atoms with Gasteiger partial charge in [-0.05, 0) is 11.6 Å². The molecule has 5 heteroatoms. The van der Waals surface area contributed by atoms with E-state index in [1.165, 1.54) is 0 Å². The molecule has 1 unspecified atom stereocenters. The molecule has 0 aliphatic rings. The first kappa shape index (κ1) is 11.2. The second-order valence-corrected chi connectivity index (χ2v) is 3.71. The topological polar surface area (TPSA) is 76.4 Å². The molecule has 1 aromatic heterocycles. The Morgan fingerprint density at radius 3 is 2.71 bits per heavy atom. The van der Waals surface area contributed by atoms with E-state index in [2.05, 4.69) is 10.3 Å². The summed E-state index contributed by atoms with van der Waals surface area (Å²) in [4.78, 5) is 0. The van der Waals surface area contributed by atoms with Gasteiger partial charge in [-0.15, -0.1) is 0 Å². The summed E-state index contributed by atoms with van der Waals surface area (Å²) in [6.07, 6.45) is 3.99. The van der Waals surface area contributed by atoms with E-state index in [0.717, 1.165) is 5.56 Å². The molecule has 1 heterocycles. The highest BCUT2D eigenvalue weighted by Gasteiger charge is 2.15. The molecule has 0 spiro atoms. The molecule has 0 fully saturated rings. The Balaban J connectivity index is 2.31. The maximum atomic E-state index is 8.66. The SMILES string of the molecule is NC(CC(c1ccccc1)n1cccn1)=NO. The maximum absolute atomic E-state index is 8.66. The number of rotatable bonds is 4. The molecule has 0 aliphatic heterocycles. The predicted molar refractivity (Wildman–Crippen MR) is 64.8 cm³/mol. The summed E-state index contributed by atoms with van der Waals surface area (Å²) in [6, 6.07) is 11.7. The van der Waals surface area contributed by atoms with E-state index in [4.69, 9.17) is 10.9 Å². The van der Waals surface area contributed by atoms with Gasteiger partial charge in [0.25, 0.3) is 0 Å². The molecule has 1 aromatic carbocycles. The van der Waals surface area contributed by atoms with Crippen LogP contribution in [0.1, 0.15) is 18.0 Å². The van der Waals surface area contributed by atoms with Crippen molar-refractivity contribution < 1.29 is 5.21 Å². The quantitative estimate of drug-likeness (QED) is 0.362. The number of nitrogens with two attached hydrogens (primary N) is 1. The fraction of sp³-hybridized carbons (Fsp3) is 0.167. The van der Waals surface area contributed by atoms with Gasteiger partial charge in [-0.25, -0.2) is 0 Å². The highest BCUT2D eigenvalue weighted by molar-refractivity contribution is 5.80. The molecule has 1 atom stereocenters. The van der Waals surface area contributed by atoms with Crippen molar-refractivity contribution in [3.8, 4) is 0 Å².